The number of nitrogens with one attached hydrogen (secondary N) is 2. The number of hydrogen-bond donors (Lipinski definition) is 3. The number of hydrogen-bond acceptors (Lipinski definition) is 5. The maximum Gasteiger partial charge on any atom is 0.300 e. The minimum Gasteiger partial charge on any atom is -0.481 e. The van der Waals surface area contributed by atoms with Crippen molar-refractivity contribution in [2.75, 3.05) is 19.8 Å². The van der Waals surface area contributed by atoms with Crippen molar-refractivity contribution in [2.24, 2.45) is 17.8 Å². The second-order valence-corrected chi connectivity index (χ2v) is 8.60. The van der Waals surface area contributed by atoms with Crippen LogP contribution in [0.15, 0.2) is 0 Å². The highest BCUT2D eigenvalue weighted by Gasteiger charge is 2.27. The van der Waals surface area contributed by atoms with Gasteiger partial charge in [0.2, 0.25) is 11.8 Å². The highest BCUT2D eigenvalue weighted by atomic mass is 31.1. The van der Waals surface area contributed by atoms with E-state index in [1.807, 2.05) is 27.7 Å². The standard InChI is InChI=1S/C16H33N2O4P.C2H4O2/c1-7-22-23(21)10-13(8-11(2)3)15(19)18-14(9-12(4)5)16(20)17-6;1-2(3)4/h11-14,23H,7-10H2,1-6H3,(H,17,20)(H,18,19);1H3,(H,3,4)/t13?,14-;/m0./s1. The molecule has 3 N–H and O–H groups in total. The Bertz CT molecular complexity index is 478. The van der Waals surface area contributed by atoms with Gasteiger partial charge < -0.3 is 20.3 Å². The van der Waals surface area contributed by atoms with Crippen molar-refractivity contribution in [2.45, 2.75) is 60.4 Å². The zero-order valence-corrected chi connectivity index (χ0v) is 18.6. The van der Waals surface area contributed by atoms with Gasteiger partial charge in [0.1, 0.15) is 6.04 Å². The van der Waals surface area contributed by atoms with Crippen molar-refractivity contribution in [3.05, 3.63) is 0 Å². The molecule has 0 aliphatic carbocycles. The summed E-state index contributed by atoms with van der Waals surface area (Å²) in [6.07, 6.45) is 1.42. The molecule has 0 fully saturated rings. The average Bonchev–Trinajstić information content (AvgIpc) is 2.51. The summed E-state index contributed by atoms with van der Waals surface area (Å²) in [6, 6.07) is -0.559. The van der Waals surface area contributed by atoms with Crippen LogP contribution in [0.4, 0.5) is 0 Å². The molecule has 9 heteroatoms. The Morgan fingerprint density at radius 1 is 1.04 bits per heavy atom. The predicted octanol–water partition coefficient (Wildman–Crippen LogP) is 2.53. The number of amides is 2. The summed E-state index contributed by atoms with van der Waals surface area (Å²) in [5.74, 6) is -1.07. The summed E-state index contributed by atoms with van der Waals surface area (Å²) in [7, 11) is -0.667. The van der Waals surface area contributed by atoms with E-state index in [4.69, 9.17) is 14.4 Å². The van der Waals surface area contributed by atoms with Gasteiger partial charge in [-0.25, -0.2) is 0 Å². The molecule has 2 unspecified atom stereocenters. The van der Waals surface area contributed by atoms with E-state index in [9.17, 15) is 14.2 Å². The summed E-state index contributed by atoms with van der Waals surface area (Å²) in [5, 5.41) is 12.8. The van der Waals surface area contributed by atoms with Crippen LogP contribution in [0, 0.1) is 17.8 Å². The molecular weight excluding hydrogens is 371 g/mol. The lowest BCUT2D eigenvalue weighted by atomic mass is 9.96. The van der Waals surface area contributed by atoms with Crippen LogP contribution in [0.3, 0.4) is 0 Å². The molecule has 2 amide bonds. The Balaban J connectivity index is 0. The van der Waals surface area contributed by atoms with Crippen LogP contribution in [-0.2, 0) is 23.5 Å². The number of carboxylic acids is 1. The molecule has 0 aromatic heterocycles. The maximum atomic E-state index is 12.6. The molecule has 0 saturated carbocycles. The molecule has 8 nitrogen and oxygen atoms in total. The zero-order valence-electron chi connectivity index (χ0n) is 17.6. The third kappa shape index (κ3) is 16.5. The second-order valence-electron chi connectivity index (χ2n) is 7.16. The third-order valence-electron chi connectivity index (χ3n) is 3.43. The third-order valence-corrected chi connectivity index (χ3v) is 4.87. The smallest absolute Gasteiger partial charge is 0.300 e. The molecule has 0 aromatic rings. The van der Waals surface area contributed by atoms with Crippen molar-refractivity contribution in [3.8, 4) is 0 Å². The first-order valence-electron chi connectivity index (χ1n) is 9.31. The largest absolute Gasteiger partial charge is 0.481 e. The van der Waals surface area contributed by atoms with Crippen LogP contribution < -0.4 is 10.6 Å². The van der Waals surface area contributed by atoms with Gasteiger partial charge in [0.15, 0.2) is 8.03 Å². The highest BCUT2D eigenvalue weighted by Crippen LogP contribution is 2.28. The van der Waals surface area contributed by atoms with Crippen molar-refractivity contribution in [1.82, 2.24) is 10.6 Å². The zero-order chi connectivity index (χ0) is 21.6. The Morgan fingerprint density at radius 2 is 1.52 bits per heavy atom. The summed E-state index contributed by atoms with van der Waals surface area (Å²) in [4.78, 5) is 33.5. The van der Waals surface area contributed by atoms with Crippen LogP contribution in [0.2, 0.25) is 0 Å². The van der Waals surface area contributed by atoms with E-state index in [-0.39, 0.29) is 23.9 Å². The van der Waals surface area contributed by atoms with E-state index in [1.165, 1.54) is 0 Å². The van der Waals surface area contributed by atoms with Crippen molar-refractivity contribution in [3.63, 3.8) is 0 Å². The summed E-state index contributed by atoms with van der Waals surface area (Å²) >= 11 is 0. The van der Waals surface area contributed by atoms with E-state index in [0.29, 0.717) is 25.4 Å². The number of carboxylic acid groups (broad SMARTS) is 1. The minimum absolute atomic E-state index is 0.201. The van der Waals surface area contributed by atoms with Gasteiger partial charge in [-0.1, -0.05) is 27.7 Å². The first-order chi connectivity index (χ1) is 12.4. The molecular formula is C18H37N2O6P. The highest BCUT2D eigenvalue weighted by molar-refractivity contribution is 7.39. The van der Waals surface area contributed by atoms with E-state index in [2.05, 4.69) is 10.6 Å². The fraction of sp³-hybridized carbons (Fsp3) is 0.833. The Labute approximate surface area is 163 Å². The number of likely N-dealkylation sites (N-methyl/N-ethyl adjacent to an activating group) is 1. The van der Waals surface area contributed by atoms with Gasteiger partial charge in [-0.15, -0.1) is 0 Å². The van der Waals surface area contributed by atoms with Gasteiger partial charge in [-0.3, -0.25) is 18.9 Å². The van der Waals surface area contributed by atoms with Gasteiger partial charge >= 0.3 is 0 Å². The van der Waals surface area contributed by atoms with Gasteiger partial charge in [0, 0.05) is 26.1 Å². The average molecular weight is 408 g/mol. The quantitative estimate of drug-likeness (QED) is 0.452. The second kappa shape index (κ2) is 15.6. The normalized spacial score (nSPS) is 14.0. The maximum absolute atomic E-state index is 12.6. The summed E-state index contributed by atoms with van der Waals surface area (Å²) in [5.41, 5.74) is 0. The Morgan fingerprint density at radius 3 is 1.89 bits per heavy atom. The number of aliphatic carboxylic acids is 1. The van der Waals surface area contributed by atoms with E-state index < -0.39 is 26.0 Å². The molecule has 0 aliphatic rings. The fourth-order valence-electron chi connectivity index (χ4n) is 2.44. The van der Waals surface area contributed by atoms with E-state index >= 15 is 0 Å². The van der Waals surface area contributed by atoms with Gasteiger partial charge in [-0.2, -0.15) is 0 Å². The molecule has 27 heavy (non-hydrogen) atoms. The topological polar surface area (TPSA) is 122 Å². The number of carbonyl (C=O) groups is 3. The summed E-state index contributed by atoms with van der Waals surface area (Å²) < 4.78 is 17.0. The molecule has 0 aliphatic heterocycles. The fourth-order valence-corrected chi connectivity index (χ4v) is 3.63. The molecule has 0 heterocycles. The lowest BCUT2D eigenvalue weighted by molar-refractivity contribution is -0.134. The molecule has 160 valence electrons. The number of rotatable bonds is 11. The molecule has 0 spiro atoms. The van der Waals surface area contributed by atoms with Crippen LogP contribution in [0.25, 0.3) is 0 Å². The van der Waals surface area contributed by atoms with Crippen LogP contribution in [0.1, 0.15) is 54.4 Å². The first kappa shape index (κ1) is 27.8. The monoisotopic (exact) mass is 408 g/mol. The van der Waals surface area contributed by atoms with Crippen LogP contribution in [-0.4, -0.2) is 48.7 Å². The lowest BCUT2D eigenvalue weighted by Gasteiger charge is -2.23. The first-order valence-corrected chi connectivity index (χ1v) is 10.8. The van der Waals surface area contributed by atoms with Crippen molar-refractivity contribution in [1.29, 1.82) is 0 Å². The van der Waals surface area contributed by atoms with E-state index in [0.717, 1.165) is 6.92 Å². The molecule has 0 rings (SSSR count). The minimum atomic E-state index is -2.22. The van der Waals surface area contributed by atoms with Crippen LogP contribution >= 0.6 is 8.03 Å². The molecule has 0 saturated heterocycles. The molecule has 0 radical (unpaired) electrons. The van der Waals surface area contributed by atoms with Crippen LogP contribution in [0.5, 0.6) is 0 Å². The predicted molar refractivity (Wildman–Crippen MR) is 107 cm³/mol. The summed E-state index contributed by atoms with van der Waals surface area (Å²) in [6.45, 7) is 11.3. The Hall–Kier alpha value is -1.40. The van der Waals surface area contributed by atoms with E-state index in [1.54, 1.807) is 14.0 Å². The molecule has 0 bridgehead atoms. The number of carbonyl (C=O) groups excluding carboxylic acids is 2. The SMILES string of the molecule is CC(=O)O.CCO[PH](=O)CC(CC(C)C)C(=O)N[C@@H](CC(C)C)C(=O)NC. The molecule has 0 aromatic carbocycles. The van der Waals surface area contributed by atoms with Gasteiger partial charge in [-0.05, 0) is 31.6 Å². The van der Waals surface area contributed by atoms with Crippen molar-refractivity contribution < 1.29 is 28.6 Å². The Kier molecular flexibility index (Phi) is 16.1. The lowest BCUT2D eigenvalue weighted by Crippen LogP contribution is -2.48. The van der Waals surface area contributed by atoms with Crippen molar-refractivity contribution >= 4 is 25.8 Å². The van der Waals surface area contributed by atoms with Gasteiger partial charge in [0.25, 0.3) is 5.97 Å². The molecule has 3 atom stereocenters. The van der Waals surface area contributed by atoms with Gasteiger partial charge in [0.05, 0.1) is 6.61 Å².